The minimum atomic E-state index is -0.00587. The van der Waals surface area contributed by atoms with Crippen LogP contribution in [0.2, 0.25) is 5.15 Å². The van der Waals surface area contributed by atoms with Crippen LogP contribution in [-0.4, -0.2) is 40.8 Å². The number of amides is 1. The van der Waals surface area contributed by atoms with Crippen molar-refractivity contribution in [2.45, 2.75) is 50.2 Å². The van der Waals surface area contributed by atoms with Crippen molar-refractivity contribution < 1.29 is 4.79 Å². The molecule has 150 valence electrons. The van der Waals surface area contributed by atoms with E-state index in [0.717, 1.165) is 31.7 Å². The Labute approximate surface area is 176 Å². The molecule has 1 fully saturated rings. The molecule has 1 aromatic carbocycles. The molecule has 3 rings (SSSR count). The highest BCUT2D eigenvalue weighted by molar-refractivity contribution is 7.99. The second kappa shape index (κ2) is 10.7. The summed E-state index contributed by atoms with van der Waals surface area (Å²) in [6.45, 7) is 4.03. The van der Waals surface area contributed by atoms with Gasteiger partial charge in [0.15, 0.2) is 5.16 Å². The Morgan fingerprint density at radius 2 is 1.96 bits per heavy atom. The van der Waals surface area contributed by atoms with Crippen molar-refractivity contribution in [1.82, 2.24) is 15.3 Å². The molecule has 5 nitrogen and oxygen atoms in total. The first-order valence-electron chi connectivity index (χ1n) is 9.86. The number of aromatic nitrogens is 2. The number of nitrogens with zero attached hydrogens (tertiary/aromatic N) is 3. The standard InChI is InChI=1S/C21H27ClN4OS/c1-16(10-11-17-8-4-2-5-9-17)23-20(27)15-28-21-24-18(22)14-19(25-21)26-12-6-3-7-13-26/h2,4-5,8-9,14,16H,3,6-7,10-13,15H2,1H3,(H,23,27). The van der Waals surface area contributed by atoms with Crippen LogP contribution in [0.25, 0.3) is 0 Å². The molecule has 1 amide bonds. The van der Waals surface area contributed by atoms with Crippen molar-refractivity contribution >= 4 is 35.1 Å². The number of carbonyl (C=O) groups excluding carboxylic acids is 1. The third kappa shape index (κ3) is 6.67. The number of hydrogen-bond donors (Lipinski definition) is 1. The summed E-state index contributed by atoms with van der Waals surface area (Å²) < 4.78 is 0. The Morgan fingerprint density at radius 3 is 2.71 bits per heavy atom. The second-order valence-electron chi connectivity index (χ2n) is 7.16. The lowest BCUT2D eigenvalue weighted by molar-refractivity contribution is -0.119. The van der Waals surface area contributed by atoms with Gasteiger partial charge in [-0.15, -0.1) is 0 Å². The number of benzene rings is 1. The third-order valence-corrected chi connectivity index (χ3v) is 5.83. The predicted octanol–water partition coefficient (Wildman–Crippen LogP) is 4.35. The summed E-state index contributed by atoms with van der Waals surface area (Å²) >= 11 is 7.51. The average Bonchev–Trinajstić information content (AvgIpc) is 2.72. The van der Waals surface area contributed by atoms with Crippen LogP contribution >= 0.6 is 23.4 Å². The highest BCUT2D eigenvalue weighted by atomic mass is 35.5. The zero-order valence-corrected chi connectivity index (χ0v) is 17.8. The summed E-state index contributed by atoms with van der Waals surface area (Å²) in [7, 11) is 0. The molecule has 0 saturated carbocycles. The van der Waals surface area contributed by atoms with Gasteiger partial charge in [-0.25, -0.2) is 9.97 Å². The molecule has 0 bridgehead atoms. The molecule has 0 radical (unpaired) electrons. The van der Waals surface area contributed by atoms with E-state index in [1.54, 1.807) is 0 Å². The first-order chi connectivity index (χ1) is 13.6. The summed E-state index contributed by atoms with van der Waals surface area (Å²) in [5.74, 6) is 1.14. The van der Waals surface area contributed by atoms with Crippen molar-refractivity contribution in [3.8, 4) is 0 Å². The van der Waals surface area contributed by atoms with Crippen LogP contribution in [0.4, 0.5) is 5.82 Å². The third-order valence-electron chi connectivity index (χ3n) is 4.79. The van der Waals surface area contributed by atoms with Crippen molar-refractivity contribution in [3.63, 3.8) is 0 Å². The van der Waals surface area contributed by atoms with Gasteiger partial charge in [-0.1, -0.05) is 53.7 Å². The first-order valence-corrected chi connectivity index (χ1v) is 11.2. The molecule has 1 aliphatic heterocycles. The molecule has 1 unspecified atom stereocenters. The fourth-order valence-corrected chi connectivity index (χ4v) is 4.17. The van der Waals surface area contributed by atoms with E-state index in [-0.39, 0.29) is 17.7 Å². The minimum Gasteiger partial charge on any atom is -0.356 e. The van der Waals surface area contributed by atoms with E-state index in [4.69, 9.17) is 11.6 Å². The molecule has 1 atom stereocenters. The highest BCUT2D eigenvalue weighted by Gasteiger charge is 2.15. The van der Waals surface area contributed by atoms with E-state index in [1.807, 2.05) is 31.2 Å². The van der Waals surface area contributed by atoms with Gasteiger partial charge in [0.05, 0.1) is 5.75 Å². The summed E-state index contributed by atoms with van der Waals surface area (Å²) in [5, 5.41) is 4.04. The summed E-state index contributed by atoms with van der Waals surface area (Å²) in [6.07, 6.45) is 5.47. The summed E-state index contributed by atoms with van der Waals surface area (Å²) in [5.41, 5.74) is 1.29. The lowest BCUT2D eigenvalue weighted by Gasteiger charge is -2.27. The van der Waals surface area contributed by atoms with Gasteiger partial charge in [-0.05, 0) is 44.6 Å². The molecular weight excluding hydrogens is 392 g/mol. The summed E-state index contributed by atoms with van der Waals surface area (Å²) in [6, 6.07) is 12.2. The number of carbonyl (C=O) groups is 1. The first kappa shape index (κ1) is 20.9. The van der Waals surface area contributed by atoms with Crippen LogP contribution in [-0.2, 0) is 11.2 Å². The summed E-state index contributed by atoms with van der Waals surface area (Å²) in [4.78, 5) is 23.4. The largest absolute Gasteiger partial charge is 0.356 e. The van der Waals surface area contributed by atoms with Crippen molar-refractivity contribution in [2.24, 2.45) is 0 Å². The van der Waals surface area contributed by atoms with Crippen molar-refractivity contribution in [1.29, 1.82) is 0 Å². The SMILES string of the molecule is CC(CCc1ccccc1)NC(=O)CSc1nc(Cl)cc(N2CCCCC2)n1. The second-order valence-corrected chi connectivity index (χ2v) is 8.49. The molecule has 1 aromatic heterocycles. The minimum absolute atomic E-state index is 0.00587. The van der Waals surface area contributed by atoms with E-state index < -0.39 is 0 Å². The molecule has 7 heteroatoms. The van der Waals surface area contributed by atoms with E-state index in [2.05, 4.69) is 32.3 Å². The van der Waals surface area contributed by atoms with Gasteiger partial charge in [0.1, 0.15) is 11.0 Å². The van der Waals surface area contributed by atoms with Crippen LogP contribution in [0.5, 0.6) is 0 Å². The highest BCUT2D eigenvalue weighted by Crippen LogP contribution is 2.24. The molecule has 2 heterocycles. The molecule has 0 spiro atoms. The molecule has 28 heavy (non-hydrogen) atoms. The van der Waals surface area contributed by atoms with Gasteiger partial charge < -0.3 is 10.2 Å². The lowest BCUT2D eigenvalue weighted by atomic mass is 10.1. The lowest BCUT2D eigenvalue weighted by Crippen LogP contribution is -2.34. The van der Waals surface area contributed by atoms with Crippen LogP contribution in [0.3, 0.4) is 0 Å². The van der Waals surface area contributed by atoms with Gasteiger partial charge in [-0.3, -0.25) is 4.79 Å². The van der Waals surface area contributed by atoms with E-state index in [1.165, 1.54) is 36.6 Å². The number of hydrogen-bond acceptors (Lipinski definition) is 5. The van der Waals surface area contributed by atoms with Crippen molar-refractivity contribution in [2.75, 3.05) is 23.7 Å². The zero-order chi connectivity index (χ0) is 19.8. The number of nitrogens with one attached hydrogen (secondary N) is 1. The number of piperidine rings is 1. The van der Waals surface area contributed by atoms with Crippen LogP contribution in [0.15, 0.2) is 41.6 Å². The van der Waals surface area contributed by atoms with E-state index in [0.29, 0.717) is 10.3 Å². The van der Waals surface area contributed by atoms with Gasteiger partial charge >= 0.3 is 0 Å². The Morgan fingerprint density at radius 1 is 1.21 bits per heavy atom. The maximum absolute atomic E-state index is 12.3. The quantitative estimate of drug-likeness (QED) is 0.392. The normalized spacial score (nSPS) is 15.3. The number of aryl methyl sites for hydroxylation is 1. The average molecular weight is 419 g/mol. The fraction of sp³-hybridized carbons (Fsp3) is 0.476. The molecule has 0 aliphatic carbocycles. The Balaban J connectivity index is 1.46. The Bertz CT molecular complexity index is 768. The number of thioether (sulfide) groups is 1. The number of rotatable bonds is 8. The van der Waals surface area contributed by atoms with Crippen LogP contribution in [0, 0.1) is 0 Å². The molecule has 2 aromatic rings. The van der Waals surface area contributed by atoms with Crippen LogP contribution < -0.4 is 10.2 Å². The fourth-order valence-electron chi connectivity index (χ4n) is 3.28. The van der Waals surface area contributed by atoms with E-state index >= 15 is 0 Å². The van der Waals surface area contributed by atoms with E-state index in [9.17, 15) is 4.79 Å². The monoisotopic (exact) mass is 418 g/mol. The van der Waals surface area contributed by atoms with Gasteiger partial charge in [0.25, 0.3) is 0 Å². The van der Waals surface area contributed by atoms with Crippen LogP contribution in [0.1, 0.15) is 38.2 Å². The number of anilines is 1. The Hall–Kier alpha value is -1.79. The molecule has 1 saturated heterocycles. The van der Waals surface area contributed by atoms with Gasteiger partial charge in [-0.2, -0.15) is 0 Å². The predicted molar refractivity (Wildman–Crippen MR) is 116 cm³/mol. The molecule has 1 aliphatic rings. The molecular formula is C21H27ClN4OS. The van der Waals surface area contributed by atoms with Crippen molar-refractivity contribution in [3.05, 3.63) is 47.1 Å². The van der Waals surface area contributed by atoms with Gasteiger partial charge in [0, 0.05) is 25.2 Å². The maximum atomic E-state index is 12.3. The topological polar surface area (TPSA) is 58.1 Å². The maximum Gasteiger partial charge on any atom is 0.230 e. The smallest absolute Gasteiger partial charge is 0.230 e. The Kier molecular flexibility index (Phi) is 7.98. The number of halogens is 1. The molecule has 1 N–H and O–H groups in total. The zero-order valence-electron chi connectivity index (χ0n) is 16.2. The van der Waals surface area contributed by atoms with Gasteiger partial charge in [0.2, 0.25) is 5.91 Å².